The smallest absolute Gasteiger partial charge is 0.0361 e. The lowest BCUT2D eigenvalue weighted by Gasteiger charge is -1.97. The van der Waals surface area contributed by atoms with Crippen molar-refractivity contribution in [3.05, 3.63) is 33.8 Å². The van der Waals surface area contributed by atoms with Crippen LogP contribution in [0, 0.1) is 0 Å². The number of hydrogen-bond acceptors (Lipinski definition) is 3. The quantitative estimate of drug-likeness (QED) is 0.805. The monoisotopic (exact) mass is 209 g/mol. The van der Waals surface area contributed by atoms with Crippen molar-refractivity contribution in [2.75, 3.05) is 0 Å². The van der Waals surface area contributed by atoms with Gasteiger partial charge in [-0.15, -0.1) is 22.7 Å². The second-order valence-corrected chi connectivity index (χ2v) is 4.89. The molecule has 68 valence electrons. The number of nitrogens with two attached hydrogens (primary N) is 1. The number of rotatable bonds is 2. The van der Waals surface area contributed by atoms with Crippen molar-refractivity contribution in [1.82, 2.24) is 0 Å². The minimum atomic E-state index is 0.152. The van der Waals surface area contributed by atoms with Gasteiger partial charge < -0.3 is 5.73 Å². The van der Waals surface area contributed by atoms with E-state index in [9.17, 15) is 0 Å². The van der Waals surface area contributed by atoms with Gasteiger partial charge in [0.05, 0.1) is 0 Å². The van der Waals surface area contributed by atoms with Crippen LogP contribution in [0.4, 0.5) is 0 Å². The zero-order chi connectivity index (χ0) is 9.26. The van der Waals surface area contributed by atoms with E-state index in [1.807, 2.05) is 6.92 Å². The molecule has 1 unspecified atom stereocenters. The SMILES string of the molecule is CC(N)c1cc(-c2cccs2)cs1. The molecule has 1 atom stereocenters. The summed E-state index contributed by atoms with van der Waals surface area (Å²) in [6.45, 7) is 2.02. The van der Waals surface area contributed by atoms with Gasteiger partial charge in [-0.1, -0.05) is 6.07 Å². The van der Waals surface area contributed by atoms with Gasteiger partial charge >= 0.3 is 0 Å². The van der Waals surface area contributed by atoms with Gasteiger partial charge in [0.2, 0.25) is 0 Å². The summed E-state index contributed by atoms with van der Waals surface area (Å²) in [7, 11) is 0. The fraction of sp³-hybridized carbons (Fsp3) is 0.200. The predicted octanol–water partition coefficient (Wildman–Crippen LogP) is 3.50. The Morgan fingerprint density at radius 3 is 2.77 bits per heavy atom. The molecule has 0 aliphatic carbocycles. The van der Waals surface area contributed by atoms with Crippen molar-refractivity contribution >= 4 is 22.7 Å². The van der Waals surface area contributed by atoms with Crippen molar-refractivity contribution in [2.24, 2.45) is 5.73 Å². The summed E-state index contributed by atoms with van der Waals surface area (Å²) in [5.41, 5.74) is 7.09. The summed E-state index contributed by atoms with van der Waals surface area (Å²) in [5, 5.41) is 4.27. The van der Waals surface area contributed by atoms with Gasteiger partial charge in [0, 0.05) is 21.4 Å². The van der Waals surface area contributed by atoms with E-state index in [1.165, 1.54) is 15.3 Å². The molecule has 0 aromatic carbocycles. The molecule has 3 heteroatoms. The highest BCUT2D eigenvalue weighted by molar-refractivity contribution is 7.14. The molecule has 0 amide bonds. The van der Waals surface area contributed by atoms with Gasteiger partial charge in [-0.2, -0.15) is 0 Å². The van der Waals surface area contributed by atoms with Crippen LogP contribution >= 0.6 is 22.7 Å². The van der Waals surface area contributed by atoms with Crippen molar-refractivity contribution in [3.63, 3.8) is 0 Å². The summed E-state index contributed by atoms with van der Waals surface area (Å²) in [5.74, 6) is 0. The Morgan fingerprint density at radius 2 is 2.23 bits per heavy atom. The summed E-state index contributed by atoms with van der Waals surface area (Å²) in [6.07, 6.45) is 0. The average Bonchev–Trinajstić information content (AvgIpc) is 2.75. The molecular formula is C10H11NS2. The van der Waals surface area contributed by atoms with Crippen molar-refractivity contribution in [3.8, 4) is 10.4 Å². The van der Waals surface area contributed by atoms with E-state index in [0.29, 0.717) is 0 Å². The molecule has 2 rings (SSSR count). The van der Waals surface area contributed by atoms with E-state index >= 15 is 0 Å². The Hall–Kier alpha value is -0.640. The molecule has 2 N–H and O–H groups in total. The fourth-order valence-corrected chi connectivity index (χ4v) is 2.82. The topological polar surface area (TPSA) is 26.0 Å². The third-order valence-corrected chi connectivity index (χ3v) is 3.93. The van der Waals surface area contributed by atoms with Crippen molar-refractivity contribution in [1.29, 1.82) is 0 Å². The summed E-state index contributed by atoms with van der Waals surface area (Å²) < 4.78 is 0. The first-order valence-electron chi connectivity index (χ1n) is 4.15. The lowest BCUT2D eigenvalue weighted by molar-refractivity contribution is 0.839. The normalized spacial score (nSPS) is 13.1. The van der Waals surface area contributed by atoms with Gasteiger partial charge in [0.15, 0.2) is 0 Å². The van der Waals surface area contributed by atoms with Crippen LogP contribution in [0.3, 0.4) is 0 Å². The van der Waals surface area contributed by atoms with Crippen LogP contribution in [0.15, 0.2) is 29.0 Å². The van der Waals surface area contributed by atoms with Crippen LogP contribution in [-0.2, 0) is 0 Å². The van der Waals surface area contributed by atoms with Gasteiger partial charge in [-0.05, 0) is 29.8 Å². The molecular weight excluding hydrogens is 198 g/mol. The standard InChI is InChI=1S/C10H11NS2/c1-7(11)10-5-8(6-13-10)9-3-2-4-12-9/h2-7H,11H2,1H3. The first-order chi connectivity index (χ1) is 6.27. The van der Waals surface area contributed by atoms with Crippen LogP contribution < -0.4 is 5.73 Å². The molecule has 0 bridgehead atoms. The fourth-order valence-electron chi connectivity index (χ4n) is 1.16. The van der Waals surface area contributed by atoms with E-state index in [1.54, 1.807) is 22.7 Å². The molecule has 0 saturated heterocycles. The molecule has 2 heterocycles. The Labute approximate surface area is 85.8 Å². The third kappa shape index (κ3) is 1.82. The molecule has 0 aliphatic rings. The highest BCUT2D eigenvalue weighted by Crippen LogP contribution is 2.30. The summed E-state index contributed by atoms with van der Waals surface area (Å²) >= 11 is 3.50. The van der Waals surface area contributed by atoms with Crippen molar-refractivity contribution in [2.45, 2.75) is 13.0 Å². The lowest BCUT2D eigenvalue weighted by atomic mass is 10.2. The maximum atomic E-state index is 5.79. The molecule has 2 aromatic rings. The first kappa shape index (κ1) is 8.94. The van der Waals surface area contributed by atoms with Gasteiger partial charge in [0.1, 0.15) is 0 Å². The van der Waals surface area contributed by atoms with Crippen LogP contribution in [-0.4, -0.2) is 0 Å². The molecule has 2 aromatic heterocycles. The minimum Gasteiger partial charge on any atom is -0.324 e. The highest BCUT2D eigenvalue weighted by Gasteiger charge is 2.05. The maximum absolute atomic E-state index is 5.79. The summed E-state index contributed by atoms with van der Waals surface area (Å²) in [6, 6.07) is 6.54. The number of thiophene rings is 2. The minimum absolute atomic E-state index is 0.152. The Kier molecular flexibility index (Phi) is 2.49. The average molecular weight is 209 g/mol. The highest BCUT2D eigenvalue weighted by atomic mass is 32.1. The van der Waals surface area contributed by atoms with Crippen LogP contribution in [0.1, 0.15) is 17.8 Å². The Morgan fingerprint density at radius 1 is 1.38 bits per heavy atom. The molecule has 0 aliphatic heterocycles. The molecule has 0 saturated carbocycles. The van der Waals surface area contributed by atoms with E-state index in [4.69, 9.17) is 5.73 Å². The zero-order valence-electron chi connectivity index (χ0n) is 7.36. The maximum Gasteiger partial charge on any atom is 0.0361 e. The van der Waals surface area contributed by atoms with Crippen LogP contribution in [0.25, 0.3) is 10.4 Å². The molecule has 0 spiro atoms. The van der Waals surface area contributed by atoms with Crippen LogP contribution in [0.2, 0.25) is 0 Å². The number of hydrogen-bond donors (Lipinski definition) is 1. The molecule has 13 heavy (non-hydrogen) atoms. The van der Waals surface area contributed by atoms with Crippen LogP contribution in [0.5, 0.6) is 0 Å². The van der Waals surface area contributed by atoms with E-state index in [2.05, 4.69) is 29.0 Å². The van der Waals surface area contributed by atoms with E-state index in [-0.39, 0.29) is 6.04 Å². The van der Waals surface area contributed by atoms with Gasteiger partial charge in [-0.25, -0.2) is 0 Å². The largest absolute Gasteiger partial charge is 0.324 e. The molecule has 0 fully saturated rings. The second-order valence-electron chi connectivity index (χ2n) is 3.00. The van der Waals surface area contributed by atoms with Gasteiger partial charge in [-0.3, -0.25) is 0 Å². The van der Waals surface area contributed by atoms with E-state index < -0.39 is 0 Å². The molecule has 1 nitrogen and oxygen atoms in total. The van der Waals surface area contributed by atoms with Crippen molar-refractivity contribution < 1.29 is 0 Å². The predicted molar refractivity (Wildman–Crippen MR) is 60.2 cm³/mol. The second kappa shape index (κ2) is 3.62. The van der Waals surface area contributed by atoms with E-state index in [0.717, 1.165) is 0 Å². The first-order valence-corrected chi connectivity index (χ1v) is 5.91. The zero-order valence-corrected chi connectivity index (χ0v) is 8.99. The summed E-state index contributed by atoms with van der Waals surface area (Å²) in [4.78, 5) is 2.58. The Balaban J connectivity index is 2.33. The third-order valence-electron chi connectivity index (χ3n) is 1.87. The Bertz CT molecular complexity index is 373. The van der Waals surface area contributed by atoms with Gasteiger partial charge in [0.25, 0.3) is 0 Å². The molecule has 0 radical (unpaired) electrons. The lowest BCUT2D eigenvalue weighted by Crippen LogP contribution is -2.01.